The van der Waals surface area contributed by atoms with Crippen LogP contribution in [0.5, 0.6) is 0 Å². The molecule has 0 aromatic heterocycles. The summed E-state index contributed by atoms with van der Waals surface area (Å²) in [6.45, 7) is 4.55. The molecule has 6 heteroatoms. The summed E-state index contributed by atoms with van der Waals surface area (Å²) in [6.07, 6.45) is 0. The van der Waals surface area contributed by atoms with Gasteiger partial charge in [-0.25, -0.2) is 13.1 Å². The lowest BCUT2D eigenvalue weighted by atomic mass is 10.1. The third kappa shape index (κ3) is 4.43. The van der Waals surface area contributed by atoms with E-state index in [1.165, 1.54) is 29.8 Å². The first-order chi connectivity index (χ1) is 11.3. The summed E-state index contributed by atoms with van der Waals surface area (Å²) in [7, 11) is -1.77. The monoisotopic (exact) mass is 346 g/mol. The zero-order valence-corrected chi connectivity index (χ0v) is 14.9. The van der Waals surface area contributed by atoms with Crippen molar-refractivity contribution in [1.82, 2.24) is 9.62 Å². The van der Waals surface area contributed by atoms with Crippen LogP contribution in [0, 0.1) is 6.92 Å². The number of nitrogens with one attached hydrogen (secondary N) is 1. The van der Waals surface area contributed by atoms with Gasteiger partial charge in [0, 0.05) is 25.7 Å². The molecular weight excluding hydrogens is 324 g/mol. The Labute approximate surface area is 143 Å². The van der Waals surface area contributed by atoms with Crippen LogP contribution in [0.25, 0.3) is 0 Å². The molecule has 0 radical (unpaired) electrons. The molecule has 128 valence electrons. The Hall–Kier alpha value is -2.18. The maximum absolute atomic E-state index is 12.5. The number of amides is 1. The molecule has 0 atom stereocenters. The van der Waals surface area contributed by atoms with Gasteiger partial charge in [-0.15, -0.1) is 0 Å². The van der Waals surface area contributed by atoms with Gasteiger partial charge >= 0.3 is 0 Å². The van der Waals surface area contributed by atoms with Gasteiger partial charge in [0.15, 0.2) is 0 Å². The molecule has 0 bridgehead atoms. The van der Waals surface area contributed by atoms with Crippen molar-refractivity contribution in [3.8, 4) is 0 Å². The van der Waals surface area contributed by atoms with E-state index in [4.69, 9.17) is 0 Å². The number of benzene rings is 2. The Kier molecular flexibility index (Phi) is 5.75. The molecule has 0 aliphatic heterocycles. The zero-order valence-electron chi connectivity index (χ0n) is 14.1. The minimum absolute atomic E-state index is 0.150. The molecule has 0 fully saturated rings. The van der Waals surface area contributed by atoms with E-state index in [9.17, 15) is 13.2 Å². The molecule has 0 unspecified atom stereocenters. The van der Waals surface area contributed by atoms with Gasteiger partial charge < -0.3 is 4.90 Å². The normalized spacial score (nSPS) is 11.3. The van der Waals surface area contributed by atoms with Crippen molar-refractivity contribution in [2.24, 2.45) is 0 Å². The van der Waals surface area contributed by atoms with E-state index in [1.807, 2.05) is 31.2 Å². The number of hydrogen-bond donors (Lipinski definition) is 1. The fourth-order valence-corrected chi connectivity index (χ4v) is 3.35. The first kappa shape index (κ1) is 18.2. The number of carbonyl (C=O) groups is 1. The van der Waals surface area contributed by atoms with Crippen molar-refractivity contribution in [2.45, 2.75) is 25.3 Å². The van der Waals surface area contributed by atoms with E-state index in [-0.39, 0.29) is 10.8 Å². The minimum atomic E-state index is -3.50. The highest BCUT2D eigenvalue weighted by molar-refractivity contribution is 7.89. The van der Waals surface area contributed by atoms with E-state index >= 15 is 0 Å². The Balaban J connectivity index is 2.10. The molecule has 0 saturated carbocycles. The second-order valence-electron chi connectivity index (χ2n) is 5.67. The van der Waals surface area contributed by atoms with Gasteiger partial charge in [0.2, 0.25) is 10.0 Å². The molecule has 2 aromatic carbocycles. The second kappa shape index (κ2) is 7.59. The average Bonchev–Trinajstić information content (AvgIpc) is 2.56. The zero-order chi connectivity index (χ0) is 17.7. The number of nitrogens with zero attached hydrogens (tertiary/aromatic N) is 1. The smallest absolute Gasteiger partial charge is 0.253 e. The SMILES string of the molecule is CCNS(=O)(=O)c1ccc(C(=O)N(C)Cc2ccc(C)cc2)cc1. The molecule has 0 aliphatic carbocycles. The van der Waals surface area contributed by atoms with E-state index < -0.39 is 10.0 Å². The van der Waals surface area contributed by atoms with Crippen LogP contribution < -0.4 is 4.72 Å². The van der Waals surface area contributed by atoms with Gasteiger partial charge in [-0.05, 0) is 36.8 Å². The topological polar surface area (TPSA) is 66.5 Å². The molecule has 24 heavy (non-hydrogen) atoms. The number of carbonyl (C=O) groups excluding carboxylic acids is 1. The molecule has 5 nitrogen and oxygen atoms in total. The predicted octanol–water partition coefficient (Wildman–Crippen LogP) is 2.57. The molecule has 1 amide bonds. The lowest BCUT2D eigenvalue weighted by molar-refractivity contribution is 0.0785. The van der Waals surface area contributed by atoms with Gasteiger partial charge in [0.25, 0.3) is 5.91 Å². The fourth-order valence-electron chi connectivity index (χ4n) is 2.31. The Morgan fingerprint density at radius 1 is 1.04 bits per heavy atom. The fraction of sp³-hybridized carbons (Fsp3) is 0.278. The highest BCUT2D eigenvalue weighted by atomic mass is 32.2. The van der Waals surface area contributed by atoms with E-state index in [0.29, 0.717) is 18.7 Å². The van der Waals surface area contributed by atoms with Crippen molar-refractivity contribution < 1.29 is 13.2 Å². The first-order valence-corrected chi connectivity index (χ1v) is 9.22. The highest BCUT2D eigenvalue weighted by Crippen LogP contribution is 2.13. The average molecular weight is 346 g/mol. The lowest BCUT2D eigenvalue weighted by Gasteiger charge is -2.17. The first-order valence-electron chi connectivity index (χ1n) is 7.74. The van der Waals surface area contributed by atoms with E-state index in [1.54, 1.807) is 18.9 Å². The van der Waals surface area contributed by atoms with Crippen molar-refractivity contribution in [2.75, 3.05) is 13.6 Å². The molecule has 0 spiro atoms. The van der Waals surface area contributed by atoms with Crippen LogP contribution in [0.3, 0.4) is 0 Å². The Morgan fingerprint density at radius 3 is 2.17 bits per heavy atom. The molecule has 0 aliphatic rings. The van der Waals surface area contributed by atoms with Crippen LogP contribution >= 0.6 is 0 Å². The molecule has 2 aromatic rings. The Bertz CT molecular complexity index is 797. The van der Waals surface area contributed by atoms with Gasteiger partial charge in [0.05, 0.1) is 4.90 Å². The third-order valence-corrected chi connectivity index (χ3v) is 5.19. The summed E-state index contributed by atoms with van der Waals surface area (Å²) < 4.78 is 26.2. The molecule has 0 heterocycles. The van der Waals surface area contributed by atoms with Crippen molar-refractivity contribution in [1.29, 1.82) is 0 Å². The van der Waals surface area contributed by atoms with Crippen LogP contribution in [-0.4, -0.2) is 32.8 Å². The van der Waals surface area contributed by atoms with E-state index in [2.05, 4.69) is 4.72 Å². The summed E-state index contributed by atoms with van der Waals surface area (Å²) >= 11 is 0. The van der Waals surface area contributed by atoms with Crippen LogP contribution in [-0.2, 0) is 16.6 Å². The van der Waals surface area contributed by atoms with E-state index in [0.717, 1.165) is 5.56 Å². The van der Waals surface area contributed by atoms with Crippen LogP contribution in [0.1, 0.15) is 28.4 Å². The van der Waals surface area contributed by atoms with Crippen LogP contribution in [0.4, 0.5) is 0 Å². The number of rotatable bonds is 6. The minimum Gasteiger partial charge on any atom is -0.337 e. The number of sulfonamides is 1. The van der Waals surface area contributed by atoms with Gasteiger partial charge in [-0.2, -0.15) is 0 Å². The number of aryl methyl sites for hydroxylation is 1. The van der Waals surface area contributed by atoms with Crippen molar-refractivity contribution in [3.63, 3.8) is 0 Å². The lowest BCUT2D eigenvalue weighted by Crippen LogP contribution is -2.26. The summed E-state index contributed by atoms with van der Waals surface area (Å²) in [5.41, 5.74) is 2.67. The van der Waals surface area contributed by atoms with Gasteiger partial charge in [-0.3, -0.25) is 4.79 Å². The van der Waals surface area contributed by atoms with Gasteiger partial charge in [0.1, 0.15) is 0 Å². The molecule has 1 N–H and O–H groups in total. The summed E-state index contributed by atoms with van der Waals surface area (Å²) in [6, 6.07) is 14.0. The van der Waals surface area contributed by atoms with Crippen LogP contribution in [0.2, 0.25) is 0 Å². The second-order valence-corrected chi connectivity index (χ2v) is 7.44. The summed E-state index contributed by atoms with van der Waals surface area (Å²) in [4.78, 5) is 14.2. The maximum Gasteiger partial charge on any atom is 0.253 e. The van der Waals surface area contributed by atoms with Crippen LogP contribution in [0.15, 0.2) is 53.4 Å². The van der Waals surface area contributed by atoms with Crippen molar-refractivity contribution in [3.05, 3.63) is 65.2 Å². The van der Waals surface area contributed by atoms with Gasteiger partial charge in [-0.1, -0.05) is 36.8 Å². The standard InChI is InChI=1S/C18H22N2O3S/c1-4-19-24(22,23)17-11-9-16(10-12-17)18(21)20(3)13-15-7-5-14(2)6-8-15/h5-12,19H,4,13H2,1-3H3. The largest absolute Gasteiger partial charge is 0.337 e. The summed E-state index contributed by atoms with van der Waals surface area (Å²) in [5.74, 6) is -0.150. The number of hydrogen-bond acceptors (Lipinski definition) is 3. The molecular formula is C18H22N2O3S. The summed E-state index contributed by atoms with van der Waals surface area (Å²) in [5, 5.41) is 0. The van der Waals surface area contributed by atoms with Crippen molar-refractivity contribution >= 4 is 15.9 Å². The maximum atomic E-state index is 12.5. The molecule has 2 rings (SSSR count). The predicted molar refractivity (Wildman–Crippen MR) is 94.3 cm³/mol. The Morgan fingerprint density at radius 2 is 1.62 bits per heavy atom. The third-order valence-electron chi connectivity index (χ3n) is 3.63. The molecule has 0 saturated heterocycles. The quantitative estimate of drug-likeness (QED) is 0.874. The highest BCUT2D eigenvalue weighted by Gasteiger charge is 2.15.